The van der Waals surface area contributed by atoms with E-state index in [4.69, 9.17) is 5.11 Å². The Bertz CT molecular complexity index is 210. The third-order valence-corrected chi connectivity index (χ3v) is 1.80. The van der Waals surface area contributed by atoms with E-state index in [2.05, 4.69) is 15.5 Å². The van der Waals surface area contributed by atoms with E-state index in [1.807, 2.05) is 19.9 Å². The van der Waals surface area contributed by atoms with Crippen molar-refractivity contribution in [3.63, 3.8) is 0 Å². The van der Waals surface area contributed by atoms with Gasteiger partial charge in [0.1, 0.15) is 0 Å². The highest BCUT2D eigenvalue weighted by Gasteiger charge is 2.08. The summed E-state index contributed by atoms with van der Waals surface area (Å²) in [4.78, 5) is 0. The standard InChI is InChI=1S/C8H15N3O/c1-6(5-12)10-7(2)8-3-4-9-11-8/h3-4,6-7,10,12H,5H2,1-2H3,(H,9,11). The normalized spacial score (nSPS) is 15.9. The highest BCUT2D eigenvalue weighted by atomic mass is 16.3. The van der Waals surface area contributed by atoms with E-state index >= 15 is 0 Å². The summed E-state index contributed by atoms with van der Waals surface area (Å²) in [6.07, 6.45) is 1.72. The minimum Gasteiger partial charge on any atom is -0.395 e. The molecular weight excluding hydrogens is 154 g/mol. The topological polar surface area (TPSA) is 60.9 Å². The molecule has 0 bridgehead atoms. The summed E-state index contributed by atoms with van der Waals surface area (Å²) < 4.78 is 0. The summed E-state index contributed by atoms with van der Waals surface area (Å²) in [5.74, 6) is 0. The molecule has 0 aromatic carbocycles. The molecule has 3 N–H and O–H groups in total. The first-order chi connectivity index (χ1) is 5.74. The Kier molecular flexibility index (Phi) is 3.25. The lowest BCUT2D eigenvalue weighted by Crippen LogP contribution is -2.31. The number of nitrogens with zero attached hydrogens (tertiary/aromatic N) is 1. The van der Waals surface area contributed by atoms with Crippen molar-refractivity contribution in [3.05, 3.63) is 18.0 Å². The van der Waals surface area contributed by atoms with Crippen LogP contribution in [-0.4, -0.2) is 28.0 Å². The van der Waals surface area contributed by atoms with E-state index in [1.54, 1.807) is 6.20 Å². The zero-order valence-electron chi connectivity index (χ0n) is 7.41. The molecule has 0 aliphatic heterocycles. The third kappa shape index (κ3) is 2.32. The molecule has 0 amide bonds. The van der Waals surface area contributed by atoms with Crippen LogP contribution in [0.5, 0.6) is 0 Å². The molecule has 2 atom stereocenters. The van der Waals surface area contributed by atoms with Crippen LogP contribution >= 0.6 is 0 Å². The Hall–Kier alpha value is -0.870. The van der Waals surface area contributed by atoms with Gasteiger partial charge in [0, 0.05) is 18.3 Å². The van der Waals surface area contributed by atoms with Crippen molar-refractivity contribution in [3.8, 4) is 0 Å². The molecule has 0 aliphatic rings. The molecule has 1 rings (SSSR count). The van der Waals surface area contributed by atoms with Crippen LogP contribution in [0.4, 0.5) is 0 Å². The second-order valence-electron chi connectivity index (χ2n) is 2.98. The number of rotatable bonds is 4. The molecule has 4 heteroatoms. The number of aromatic nitrogens is 2. The van der Waals surface area contributed by atoms with Crippen LogP contribution in [0.25, 0.3) is 0 Å². The van der Waals surface area contributed by atoms with Crippen molar-refractivity contribution < 1.29 is 5.11 Å². The molecular formula is C8H15N3O. The molecule has 1 aromatic rings. The van der Waals surface area contributed by atoms with E-state index < -0.39 is 0 Å². The maximum absolute atomic E-state index is 8.79. The van der Waals surface area contributed by atoms with Crippen LogP contribution in [0.2, 0.25) is 0 Å². The maximum atomic E-state index is 8.79. The molecule has 68 valence electrons. The number of aromatic amines is 1. The van der Waals surface area contributed by atoms with Gasteiger partial charge in [0.2, 0.25) is 0 Å². The Balaban J connectivity index is 2.44. The molecule has 0 aliphatic carbocycles. The summed E-state index contributed by atoms with van der Waals surface area (Å²) in [5, 5.41) is 18.7. The number of hydrogen-bond acceptors (Lipinski definition) is 3. The van der Waals surface area contributed by atoms with Crippen LogP contribution < -0.4 is 5.32 Å². The summed E-state index contributed by atoms with van der Waals surface area (Å²) in [6, 6.07) is 2.24. The summed E-state index contributed by atoms with van der Waals surface area (Å²) >= 11 is 0. The number of aliphatic hydroxyl groups is 1. The van der Waals surface area contributed by atoms with Crippen LogP contribution in [0.3, 0.4) is 0 Å². The molecule has 0 spiro atoms. The molecule has 1 heterocycles. The van der Waals surface area contributed by atoms with Gasteiger partial charge in [-0.25, -0.2) is 0 Å². The van der Waals surface area contributed by atoms with E-state index in [9.17, 15) is 0 Å². The lowest BCUT2D eigenvalue weighted by Gasteiger charge is -2.16. The van der Waals surface area contributed by atoms with Crippen molar-refractivity contribution >= 4 is 0 Å². The number of hydrogen-bond donors (Lipinski definition) is 3. The molecule has 4 nitrogen and oxygen atoms in total. The van der Waals surface area contributed by atoms with Gasteiger partial charge in [-0.3, -0.25) is 5.10 Å². The van der Waals surface area contributed by atoms with E-state index in [-0.39, 0.29) is 18.7 Å². The first-order valence-electron chi connectivity index (χ1n) is 4.10. The highest BCUT2D eigenvalue weighted by molar-refractivity contribution is 5.03. The first kappa shape index (κ1) is 9.22. The molecule has 0 saturated heterocycles. The van der Waals surface area contributed by atoms with Gasteiger partial charge in [0.05, 0.1) is 12.3 Å². The van der Waals surface area contributed by atoms with Crippen molar-refractivity contribution in [1.29, 1.82) is 0 Å². The maximum Gasteiger partial charge on any atom is 0.0582 e. The van der Waals surface area contributed by atoms with Crippen molar-refractivity contribution in [1.82, 2.24) is 15.5 Å². The average molecular weight is 169 g/mol. The largest absolute Gasteiger partial charge is 0.395 e. The van der Waals surface area contributed by atoms with Gasteiger partial charge in [0.25, 0.3) is 0 Å². The van der Waals surface area contributed by atoms with Gasteiger partial charge in [-0.1, -0.05) is 0 Å². The van der Waals surface area contributed by atoms with E-state index in [1.165, 1.54) is 0 Å². The van der Waals surface area contributed by atoms with Crippen molar-refractivity contribution in [2.24, 2.45) is 0 Å². The Morgan fingerprint density at radius 3 is 2.92 bits per heavy atom. The number of nitrogens with one attached hydrogen (secondary N) is 2. The second-order valence-corrected chi connectivity index (χ2v) is 2.98. The smallest absolute Gasteiger partial charge is 0.0582 e. The first-order valence-corrected chi connectivity index (χ1v) is 4.10. The lowest BCUT2D eigenvalue weighted by molar-refractivity contribution is 0.242. The minimum atomic E-state index is 0.114. The van der Waals surface area contributed by atoms with Crippen molar-refractivity contribution in [2.45, 2.75) is 25.9 Å². The highest BCUT2D eigenvalue weighted by Crippen LogP contribution is 2.07. The van der Waals surface area contributed by atoms with Gasteiger partial charge in [-0.15, -0.1) is 0 Å². The number of H-pyrrole nitrogens is 1. The molecule has 0 fully saturated rings. The summed E-state index contributed by atoms with van der Waals surface area (Å²) in [7, 11) is 0. The van der Waals surface area contributed by atoms with Crippen LogP contribution in [-0.2, 0) is 0 Å². The fourth-order valence-corrected chi connectivity index (χ4v) is 1.08. The van der Waals surface area contributed by atoms with E-state index in [0.717, 1.165) is 5.69 Å². The minimum absolute atomic E-state index is 0.114. The quantitative estimate of drug-likeness (QED) is 0.613. The fraction of sp³-hybridized carbons (Fsp3) is 0.625. The van der Waals surface area contributed by atoms with Gasteiger partial charge >= 0.3 is 0 Å². The van der Waals surface area contributed by atoms with Gasteiger partial charge in [-0.2, -0.15) is 5.10 Å². The molecule has 0 radical (unpaired) electrons. The van der Waals surface area contributed by atoms with Crippen molar-refractivity contribution in [2.75, 3.05) is 6.61 Å². The fourth-order valence-electron chi connectivity index (χ4n) is 1.08. The van der Waals surface area contributed by atoms with Crippen LogP contribution in [0, 0.1) is 0 Å². The third-order valence-electron chi connectivity index (χ3n) is 1.80. The summed E-state index contributed by atoms with van der Waals surface area (Å²) in [6.45, 7) is 4.12. The monoisotopic (exact) mass is 169 g/mol. The predicted octanol–water partition coefficient (Wildman–Crippen LogP) is 0.441. The van der Waals surface area contributed by atoms with Gasteiger partial charge < -0.3 is 10.4 Å². The van der Waals surface area contributed by atoms with Gasteiger partial charge in [0.15, 0.2) is 0 Å². The van der Waals surface area contributed by atoms with Gasteiger partial charge in [-0.05, 0) is 19.9 Å². The molecule has 2 unspecified atom stereocenters. The molecule has 1 aromatic heterocycles. The van der Waals surface area contributed by atoms with E-state index in [0.29, 0.717) is 0 Å². The molecule has 0 saturated carbocycles. The zero-order valence-corrected chi connectivity index (χ0v) is 7.41. The lowest BCUT2D eigenvalue weighted by atomic mass is 10.2. The molecule has 12 heavy (non-hydrogen) atoms. The second kappa shape index (κ2) is 4.23. The summed E-state index contributed by atoms with van der Waals surface area (Å²) in [5.41, 5.74) is 1.04. The number of aliphatic hydroxyl groups excluding tert-OH is 1. The SMILES string of the molecule is CC(CO)NC(C)c1ccn[nH]1. The Morgan fingerprint density at radius 2 is 2.42 bits per heavy atom. The average Bonchev–Trinajstić information content (AvgIpc) is 2.56. The predicted molar refractivity (Wildman–Crippen MR) is 46.7 cm³/mol. The Morgan fingerprint density at radius 1 is 1.67 bits per heavy atom. The zero-order chi connectivity index (χ0) is 8.97. The Labute approximate surface area is 72.0 Å². The van der Waals surface area contributed by atoms with Crippen LogP contribution in [0.15, 0.2) is 12.3 Å². The van der Waals surface area contributed by atoms with Crippen LogP contribution in [0.1, 0.15) is 25.6 Å².